The summed E-state index contributed by atoms with van der Waals surface area (Å²) < 4.78 is 28.3. The van der Waals surface area contributed by atoms with Crippen LogP contribution in [0.25, 0.3) is 0 Å². The van der Waals surface area contributed by atoms with E-state index < -0.39 is 10.0 Å². The van der Waals surface area contributed by atoms with Crippen LogP contribution < -0.4 is 10.5 Å². The number of carbonyl (C=O) groups excluding carboxylic acids is 1. The van der Waals surface area contributed by atoms with Gasteiger partial charge in [0.15, 0.2) is 0 Å². The van der Waals surface area contributed by atoms with E-state index in [1.54, 1.807) is 7.11 Å². The van der Waals surface area contributed by atoms with Crippen LogP contribution in [0.1, 0.15) is 24.2 Å². The van der Waals surface area contributed by atoms with Crippen molar-refractivity contribution in [1.82, 2.24) is 5.32 Å². The molecule has 0 saturated heterocycles. The second-order valence-electron chi connectivity index (χ2n) is 4.97. The lowest BCUT2D eigenvalue weighted by atomic mass is 10.0. The van der Waals surface area contributed by atoms with Crippen molar-refractivity contribution in [2.75, 3.05) is 13.7 Å². The standard InChI is InChI=1S/C13H19BrN2O4S/c1-8(2)12(7-20-3)16-13(17)10-6-9(21(15,18)19)4-5-11(10)14/h4-6,8,12H,7H2,1-3H3,(H,16,17)(H2,15,18,19). The molecule has 0 aliphatic carbocycles. The molecular weight excluding hydrogens is 360 g/mol. The Kier molecular flexibility index (Phi) is 6.33. The Morgan fingerprint density at radius 3 is 2.52 bits per heavy atom. The first-order chi connectivity index (χ1) is 9.66. The molecule has 21 heavy (non-hydrogen) atoms. The predicted octanol–water partition coefficient (Wildman–Crippen LogP) is 1.50. The Hall–Kier alpha value is -0.960. The van der Waals surface area contributed by atoms with E-state index >= 15 is 0 Å². The number of methoxy groups -OCH3 is 1. The Bertz CT molecular complexity index is 617. The first-order valence-electron chi connectivity index (χ1n) is 6.29. The van der Waals surface area contributed by atoms with Crippen molar-refractivity contribution in [3.63, 3.8) is 0 Å². The van der Waals surface area contributed by atoms with E-state index in [1.807, 2.05) is 13.8 Å². The van der Waals surface area contributed by atoms with Crippen molar-refractivity contribution in [2.24, 2.45) is 11.1 Å². The SMILES string of the molecule is COCC(NC(=O)c1cc(S(N)(=O)=O)ccc1Br)C(C)C. The highest BCUT2D eigenvalue weighted by atomic mass is 79.9. The van der Waals surface area contributed by atoms with Gasteiger partial charge in [-0.25, -0.2) is 13.6 Å². The number of halogens is 1. The van der Waals surface area contributed by atoms with Crippen molar-refractivity contribution in [1.29, 1.82) is 0 Å². The highest BCUT2D eigenvalue weighted by molar-refractivity contribution is 9.10. The van der Waals surface area contributed by atoms with Gasteiger partial charge in [0, 0.05) is 11.6 Å². The molecule has 3 N–H and O–H groups in total. The monoisotopic (exact) mass is 378 g/mol. The zero-order chi connectivity index (χ0) is 16.2. The van der Waals surface area contributed by atoms with E-state index in [9.17, 15) is 13.2 Å². The molecule has 1 rings (SSSR count). The molecule has 6 nitrogen and oxygen atoms in total. The molecule has 1 amide bonds. The third kappa shape index (κ3) is 5.06. The lowest BCUT2D eigenvalue weighted by molar-refractivity contribution is 0.0865. The summed E-state index contributed by atoms with van der Waals surface area (Å²) in [5.41, 5.74) is 0.211. The smallest absolute Gasteiger partial charge is 0.252 e. The van der Waals surface area contributed by atoms with Gasteiger partial charge in [-0.15, -0.1) is 0 Å². The molecular formula is C13H19BrN2O4S. The summed E-state index contributed by atoms with van der Waals surface area (Å²) >= 11 is 3.24. The average Bonchev–Trinajstić information content (AvgIpc) is 2.36. The van der Waals surface area contributed by atoms with Crippen LogP contribution >= 0.6 is 15.9 Å². The first-order valence-corrected chi connectivity index (χ1v) is 8.63. The minimum Gasteiger partial charge on any atom is -0.383 e. The molecule has 0 bridgehead atoms. The van der Waals surface area contributed by atoms with Gasteiger partial charge >= 0.3 is 0 Å². The molecule has 118 valence electrons. The molecule has 0 saturated carbocycles. The molecule has 0 aromatic heterocycles. The second-order valence-corrected chi connectivity index (χ2v) is 7.38. The number of ether oxygens (including phenoxy) is 1. The molecule has 8 heteroatoms. The Morgan fingerprint density at radius 2 is 2.05 bits per heavy atom. The summed E-state index contributed by atoms with van der Waals surface area (Å²) in [6.07, 6.45) is 0. The van der Waals surface area contributed by atoms with E-state index in [1.165, 1.54) is 18.2 Å². The van der Waals surface area contributed by atoms with Crippen molar-refractivity contribution in [3.8, 4) is 0 Å². The van der Waals surface area contributed by atoms with Crippen LogP contribution in [0.4, 0.5) is 0 Å². The summed E-state index contributed by atoms with van der Waals surface area (Å²) in [4.78, 5) is 12.2. The largest absolute Gasteiger partial charge is 0.383 e. The summed E-state index contributed by atoms with van der Waals surface area (Å²) in [7, 11) is -2.30. The minimum atomic E-state index is -3.86. The Labute approximate surface area is 133 Å². The fourth-order valence-electron chi connectivity index (χ4n) is 1.68. The molecule has 1 atom stereocenters. The molecule has 0 aliphatic heterocycles. The number of benzene rings is 1. The first kappa shape index (κ1) is 18.1. The van der Waals surface area contributed by atoms with E-state index in [2.05, 4.69) is 21.2 Å². The molecule has 0 radical (unpaired) electrons. The van der Waals surface area contributed by atoms with Gasteiger partial charge in [0.2, 0.25) is 10.0 Å². The van der Waals surface area contributed by atoms with E-state index in [-0.39, 0.29) is 28.3 Å². The number of amides is 1. The molecule has 0 aliphatic rings. The number of hydrogen-bond donors (Lipinski definition) is 2. The lowest BCUT2D eigenvalue weighted by Crippen LogP contribution is -2.41. The number of rotatable bonds is 6. The molecule has 1 aromatic carbocycles. The molecule has 1 unspecified atom stereocenters. The van der Waals surface area contributed by atoms with Crippen LogP contribution in [0.2, 0.25) is 0 Å². The number of sulfonamides is 1. The summed E-state index contributed by atoms with van der Waals surface area (Å²) in [5.74, 6) is -0.211. The second kappa shape index (κ2) is 7.35. The highest BCUT2D eigenvalue weighted by Crippen LogP contribution is 2.21. The average molecular weight is 379 g/mol. The number of carbonyl (C=O) groups is 1. The van der Waals surface area contributed by atoms with E-state index in [0.717, 1.165) is 0 Å². The van der Waals surface area contributed by atoms with E-state index in [0.29, 0.717) is 11.1 Å². The van der Waals surface area contributed by atoms with Gasteiger partial charge in [-0.1, -0.05) is 13.8 Å². The zero-order valence-corrected chi connectivity index (χ0v) is 14.5. The number of nitrogens with two attached hydrogens (primary N) is 1. The maximum atomic E-state index is 12.3. The van der Waals surface area contributed by atoms with Crippen LogP contribution in [0.3, 0.4) is 0 Å². The van der Waals surface area contributed by atoms with Crippen molar-refractivity contribution in [2.45, 2.75) is 24.8 Å². The van der Waals surface area contributed by atoms with Gasteiger partial charge in [-0.3, -0.25) is 4.79 Å². The summed E-state index contributed by atoms with van der Waals surface area (Å²) in [6.45, 7) is 4.29. The third-order valence-corrected chi connectivity index (χ3v) is 4.58. The fraction of sp³-hybridized carbons (Fsp3) is 0.462. The Morgan fingerprint density at radius 1 is 1.43 bits per heavy atom. The maximum Gasteiger partial charge on any atom is 0.252 e. The van der Waals surface area contributed by atoms with Gasteiger partial charge in [-0.2, -0.15) is 0 Å². The minimum absolute atomic E-state index is 0.108. The van der Waals surface area contributed by atoms with Gasteiger partial charge in [0.25, 0.3) is 5.91 Å². The lowest BCUT2D eigenvalue weighted by Gasteiger charge is -2.22. The van der Waals surface area contributed by atoms with E-state index in [4.69, 9.17) is 9.88 Å². The summed E-state index contributed by atoms with van der Waals surface area (Å²) in [6, 6.07) is 3.90. The number of hydrogen-bond acceptors (Lipinski definition) is 4. The van der Waals surface area contributed by atoms with Crippen LogP contribution in [-0.4, -0.2) is 34.1 Å². The topological polar surface area (TPSA) is 98.5 Å². The summed E-state index contributed by atoms with van der Waals surface area (Å²) in [5, 5.41) is 7.90. The van der Waals surface area contributed by atoms with Crippen LogP contribution in [0.15, 0.2) is 27.6 Å². The number of primary sulfonamides is 1. The fourth-order valence-corrected chi connectivity index (χ4v) is 2.65. The normalized spacial score (nSPS) is 13.2. The van der Waals surface area contributed by atoms with Gasteiger partial charge in [0.1, 0.15) is 0 Å². The van der Waals surface area contributed by atoms with Gasteiger partial charge in [0.05, 0.1) is 23.1 Å². The molecule has 1 aromatic rings. The van der Waals surface area contributed by atoms with Crippen LogP contribution in [0, 0.1) is 5.92 Å². The highest BCUT2D eigenvalue weighted by Gasteiger charge is 2.20. The molecule has 0 spiro atoms. The van der Waals surface area contributed by atoms with Gasteiger partial charge in [-0.05, 0) is 40.0 Å². The molecule has 0 heterocycles. The quantitative estimate of drug-likeness (QED) is 0.783. The van der Waals surface area contributed by atoms with Gasteiger partial charge < -0.3 is 10.1 Å². The maximum absolute atomic E-state index is 12.3. The third-order valence-electron chi connectivity index (χ3n) is 2.98. The van der Waals surface area contributed by atoms with Crippen LogP contribution in [0.5, 0.6) is 0 Å². The number of nitrogens with one attached hydrogen (secondary N) is 1. The Balaban J connectivity index is 3.07. The van der Waals surface area contributed by atoms with Crippen molar-refractivity contribution in [3.05, 3.63) is 28.2 Å². The van der Waals surface area contributed by atoms with Crippen LogP contribution in [-0.2, 0) is 14.8 Å². The van der Waals surface area contributed by atoms with Crippen molar-refractivity contribution >= 4 is 31.9 Å². The van der Waals surface area contributed by atoms with Crippen molar-refractivity contribution < 1.29 is 17.9 Å². The predicted molar refractivity (Wildman–Crippen MR) is 83.5 cm³/mol. The molecule has 0 fully saturated rings. The zero-order valence-electron chi connectivity index (χ0n) is 12.1.